The molecule has 8 rings (SSSR count). The van der Waals surface area contributed by atoms with E-state index in [0.717, 1.165) is 12.8 Å². The normalized spacial score (nSPS) is 12.2. The van der Waals surface area contributed by atoms with Crippen LogP contribution < -0.4 is 0 Å². The predicted octanol–water partition coefficient (Wildman–Crippen LogP) is 18.8. The molecule has 0 bridgehead atoms. The van der Waals surface area contributed by atoms with E-state index in [-0.39, 0.29) is 0 Å². The minimum absolute atomic E-state index is 1.16. The molecule has 4 heteroatoms. The van der Waals surface area contributed by atoms with Crippen LogP contribution in [0, 0.1) is 0 Å². The number of fused-ring (bicyclic) bond motifs is 10. The van der Waals surface area contributed by atoms with Crippen LogP contribution in [0.15, 0.2) is 72.8 Å². The summed E-state index contributed by atoms with van der Waals surface area (Å²) in [6.07, 6.45) is 29.4. The molecule has 0 spiro atoms. The molecular weight excluding hydrogens is 753 g/mol. The summed E-state index contributed by atoms with van der Waals surface area (Å²) in [4.78, 5) is 0. The summed E-state index contributed by atoms with van der Waals surface area (Å²) in [5.74, 6) is 0. The zero-order valence-corrected chi connectivity index (χ0v) is 37.4. The molecule has 0 nitrogen and oxygen atoms in total. The molecule has 0 N–H and O–H groups in total. The maximum absolute atomic E-state index is 2.49. The van der Waals surface area contributed by atoms with Crippen LogP contribution in [0.2, 0.25) is 0 Å². The van der Waals surface area contributed by atoms with Crippen LogP contribution in [0.3, 0.4) is 0 Å². The molecule has 8 aromatic rings. The van der Waals surface area contributed by atoms with Crippen molar-refractivity contribution in [2.45, 2.75) is 155 Å². The fraction of sp³-hybridized carbons (Fsp3) is 0.462. The van der Waals surface area contributed by atoms with Crippen molar-refractivity contribution < 1.29 is 0 Å². The van der Waals surface area contributed by atoms with E-state index in [2.05, 4.69) is 86.6 Å². The van der Waals surface area contributed by atoms with Crippen LogP contribution in [0.5, 0.6) is 0 Å². The topological polar surface area (TPSA) is 0 Å². The Morgan fingerprint density at radius 1 is 0.286 bits per heavy atom. The molecule has 56 heavy (non-hydrogen) atoms. The second kappa shape index (κ2) is 19.8. The molecule has 4 aromatic carbocycles. The average Bonchev–Trinajstić information content (AvgIpc) is 3.96. The number of aryl methyl sites for hydroxylation is 4. The molecule has 0 saturated carbocycles. The fourth-order valence-electron chi connectivity index (χ4n) is 8.90. The minimum Gasteiger partial charge on any atom is -0.134 e. The van der Waals surface area contributed by atoms with Crippen LogP contribution in [-0.4, -0.2) is 0 Å². The van der Waals surface area contributed by atoms with E-state index in [9.17, 15) is 0 Å². The first-order chi connectivity index (χ1) is 27.7. The second-order valence-electron chi connectivity index (χ2n) is 16.7. The lowest BCUT2D eigenvalue weighted by molar-refractivity contribution is 0.575. The summed E-state index contributed by atoms with van der Waals surface area (Å²) in [5, 5.41) is 5.83. The Morgan fingerprint density at radius 3 is 0.786 bits per heavy atom. The van der Waals surface area contributed by atoms with E-state index in [1.165, 1.54) is 210 Å². The van der Waals surface area contributed by atoms with E-state index in [1.54, 1.807) is 0 Å². The van der Waals surface area contributed by atoms with E-state index < -0.39 is 0 Å². The van der Waals surface area contributed by atoms with Gasteiger partial charge in [0, 0.05) is 40.3 Å². The first kappa shape index (κ1) is 40.0. The maximum Gasteiger partial charge on any atom is 0.0542 e. The van der Waals surface area contributed by atoms with Crippen molar-refractivity contribution in [3.63, 3.8) is 0 Å². The Labute approximate surface area is 352 Å². The van der Waals surface area contributed by atoms with Gasteiger partial charge in [0.2, 0.25) is 0 Å². The van der Waals surface area contributed by atoms with E-state index in [1.807, 2.05) is 45.3 Å². The number of hydrogen-bond acceptors (Lipinski definition) is 4. The van der Waals surface area contributed by atoms with Crippen molar-refractivity contribution in [1.29, 1.82) is 0 Å². The number of thiophene rings is 4. The lowest BCUT2D eigenvalue weighted by Gasteiger charge is -2.04. The van der Waals surface area contributed by atoms with Crippen LogP contribution in [0.4, 0.5) is 0 Å². The Hall–Kier alpha value is -2.76. The summed E-state index contributed by atoms with van der Waals surface area (Å²) >= 11 is 8.05. The van der Waals surface area contributed by atoms with Gasteiger partial charge in [-0.25, -0.2) is 0 Å². The van der Waals surface area contributed by atoms with Crippen LogP contribution in [0.1, 0.15) is 152 Å². The van der Waals surface area contributed by atoms with E-state index in [0.29, 0.717) is 0 Å². The zero-order chi connectivity index (χ0) is 38.1. The minimum atomic E-state index is 1.16. The monoisotopic (exact) mass is 814 g/mol. The number of rotatable bonds is 23. The molecule has 294 valence electrons. The summed E-state index contributed by atoms with van der Waals surface area (Å²) in [6, 6.07) is 29.2. The molecule has 4 aromatic heterocycles. The van der Waals surface area contributed by atoms with Crippen LogP contribution in [-0.2, 0) is 25.7 Å². The van der Waals surface area contributed by atoms with Crippen molar-refractivity contribution >= 4 is 104 Å². The van der Waals surface area contributed by atoms with Gasteiger partial charge in [-0.2, -0.15) is 0 Å². The first-order valence-electron chi connectivity index (χ1n) is 22.4. The second-order valence-corrected chi connectivity index (χ2v) is 20.9. The van der Waals surface area contributed by atoms with Gasteiger partial charge in [-0.1, -0.05) is 152 Å². The third-order valence-corrected chi connectivity index (χ3v) is 17.2. The maximum atomic E-state index is 2.49. The highest BCUT2D eigenvalue weighted by atomic mass is 32.1. The summed E-state index contributed by atoms with van der Waals surface area (Å²) in [6.45, 7) is 4.60. The lowest BCUT2D eigenvalue weighted by atomic mass is 10.0. The standard InChI is InChI=1S/C52H62S4/c1-3-5-7-9-11-13-15-17-21-37-25-29-41-45(33-37)53-51-43-31-27-39(35-47(43)55-49(41)51)23-19-20-24-40-28-32-44-48(36-40)56-50-42-30-26-38(34-46(42)54-52(44)50)22-18-16-14-12-10-8-6-4-2/h25-36H,3-24H2,1-2H3. The number of unbranched alkanes of at least 4 members (excludes halogenated alkanes) is 15. The molecule has 0 amide bonds. The highest BCUT2D eigenvalue weighted by Gasteiger charge is 2.15. The average molecular weight is 815 g/mol. The van der Waals surface area contributed by atoms with Crippen molar-refractivity contribution in [2.24, 2.45) is 0 Å². The molecular formula is C52H62S4. The number of hydrogen-bond donors (Lipinski definition) is 0. The molecule has 0 atom stereocenters. The van der Waals surface area contributed by atoms with Gasteiger partial charge in [-0.3, -0.25) is 0 Å². The molecule has 0 unspecified atom stereocenters. The summed E-state index contributed by atoms with van der Waals surface area (Å²) in [5.41, 5.74) is 6.02. The fourth-order valence-corrected chi connectivity index (χ4v) is 14.5. The summed E-state index contributed by atoms with van der Waals surface area (Å²) < 4.78 is 11.8. The van der Waals surface area contributed by atoms with Gasteiger partial charge in [-0.05, 0) is 97.9 Å². The Morgan fingerprint density at radius 2 is 0.518 bits per heavy atom. The Kier molecular flexibility index (Phi) is 14.2. The van der Waals surface area contributed by atoms with Gasteiger partial charge in [0.05, 0.1) is 18.8 Å². The summed E-state index contributed by atoms with van der Waals surface area (Å²) in [7, 11) is 0. The van der Waals surface area contributed by atoms with Crippen molar-refractivity contribution in [2.75, 3.05) is 0 Å². The Balaban J connectivity index is 0.822. The van der Waals surface area contributed by atoms with Gasteiger partial charge in [0.25, 0.3) is 0 Å². The molecule has 4 heterocycles. The van der Waals surface area contributed by atoms with Crippen molar-refractivity contribution in [1.82, 2.24) is 0 Å². The smallest absolute Gasteiger partial charge is 0.0542 e. The van der Waals surface area contributed by atoms with Crippen LogP contribution in [0.25, 0.3) is 59.1 Å². The zero-order valence-electron chi connectivity index (χ0n) is 34.1. The Bertz CT molecular complexity index is 2310. The van der Waals surface area contributed by atoms with Gasteiger partial charge < -0.3 is 0 Å². The highest BCUT2D eigenvalue weighted by molar-refractivity contribution is 7.37. The third-order valence-electron chi connectivity index (χ3n) is 12.2. The predicted molar refractivity (Wildman–Crippen MR) is 259 cm³/mol. The van der Waals surface area contributed by atoms with Gasteiger partial charge in [-0.15, -0.1) is 45.3 Å². The molecule has 0 fully saturated rings. The quantitative estimate of drug-likeness (QED) is 0.0564. The largest absolute Gasteiger partial charge is 0.134 e. The first-order valence-corrected chi connectivity index (χ1v) is 25.7. The van der Waals surface area contributed by atoms with Gasteiger partial charge in [0.15, 0.2) is 0 Å². The molecule has 0 aliphatic heterocycles. The number of benzene rings is 4. The van der Waals surface area contributed by atoms with E-state index >= 15 is 0 Å². The molecule has 0 aliphatic carbocycles. The highest BCUT2D eigenvalue weighted by Crippen LogP contribution is 2.46. The molecule has 0 radical (unpaired) electrons. The molecule has 0 aliphatic rings. The lowest BCUT2D eigenvalue weighted by Crippen LogP contribution is -1.89. The third kappa shape index (κ3) is 9.57. The van der Waals surface area contributed by atoms with Gasteiger partial charge in [0.1, 0.15) is 0 Å². The van der Waals surface area contributed by atoms with Crippen molar-refractivity contribution in [3.8, 4) is 0 Å². The van der Waals surface area contributed by atoms with Gasteiger partial charge >= 0.3 is 0 Å². The van der Waals surface area contributed by atoms with Crippen molar-refractivity contribution in [3.05, 3.63) is 95.1 Å². The SMILES string of the molecule is CCCCCCCCCCc1ccc2c(c1)sc1c3ccc(CCCCc4ccc5c(c4)sc4c6ccc(CCCCCCCCCC)cc6sc54)cc3sc21. The molecule has 0 saturated heterocycles. The van der Waals surface area contributed by atoms with E-state index in [4.69, 9.17) is 0 Å². The van der Waals surface area contributed by atoms with Crippen LogP contribution >= 0.6 is 45.3 Å².